The summed E-state index contributed by atoms with van der Waals surface area (Å²) in [5.41, 5.74) is -1.18. The summed E-state index contributed by atoms with van der Waals surface area (Å²) in [6, 6.07) is 1.25. The molecule has 0 aliphatic heterocycles. The van der Waals surface area contributed by atoms with Crippen LogP contribution in [0.2, 0.25) is 0 Å². The van der Waals surface area contributed by atoms with Gasteiger partial charge in [0.2, 0.25) is 0 Å². The van der Waals surface area contributed by atoms with Crippen LogP contribution in [0.1, 0.15) is 20.8 Å². The van der Waals surface area contributed by atoms with Gasteiger partial charge in [-0.2, -0.15) is 49.2 Å². The monoisotopic (exact) mass is 524 g/mol. The predicted molar refractivity (Wildman–Crippen MR) is 84.5 cm³/mol. The number of nitrogens with zero attached hydrogens (tertiary/aromatic N) is 1. The van der Waals surface area contributed by atoms with Gasteiger partial charge in [0.1, 0.15) is 15.9 Å². The van der Waals surface area contributed by atoms with Gasteiger partial charge in [0.05, 0.1) is 12.7 Å². The Labute approximate surface area is 178 Å². The van der Waals surface area contributed by atoms with E-state index in [1.165, 1.54) is 6.07 Å². The molecule has 1 rings (SSSR count). The van der Waals surface area contributed by atoms with Crippen molar-refractivity contribution in [3.8, 4) is 6.07 Å². The Morgan fingerprint density at radius 3 is 1.85 bits per heavy atom. The molecular weight excluding hydrogens is 516 g/mol. The van der Waals surface area contributed by atoms with Crippen molar-refractivity contribution in [3.05, 3.63) is 16.0 Å². The van der Waals surface area contributed by atoms with Crippen LogP contribution in [-0.2, 0) is 9.53 Å². The lowest BCUT2D eigenvalue weighted by molar-refractivity contribution is -0.406. The van der Waals surface area contributed by atoms with Gasteiger partial charge in [-0.3, -0.25) is 4.79 Å². The zero-order chi connectivity index (χ0) is 26.4. The number of ether oxygens (including phenoxy) is 1. The van der Waals surface area contributed by atoms with E-state index in [0.717, 1.165) is 19.4 Å². The Morgan fingerprint density at radius 1 is 0.970 bits per heavy atom. The number of hydrogen-bond donors (Lipinski definition) is 1. The predicted octanol–water partition coefficient (Wildman–Crippen LogP) is 5.09. The maximum Gasteiger partial charge on any atom is 0.393 e. The first kappa shape index (κ1) is 28.3. The molecule has 33 heavy (non-hydrogen) atoms. The Kier molecular flexibility index (Phi) is 7.36. The van der Waals surface area contributed by atoms with Crippen LogP contribution in [-0.4, -0.2) is 55.0 Å². The van der Waals surface area contributed by atoms with Crippen LogP contribution in [0, 0.1) is 18.3 Å². The van der Waals surface area contributed by atoms with Crippen LogP contribution in [0.25, 0.3) is 0 Å². The number of amides is 1. The second kappa shape index (κ2) is 8.57. The third-order valence-electron chi connectivity index (χ3n) is 4.02. The van der Waals surface area contributed by atoms with E-state index in [0.29, 0.717) is 0 Å². The zero-order valence-electron chi connectivity index (χ0n) is 15.7. The zero-order valence-corrected chi connectivity index (χ0v) is 16.5. The Morgan fingerprint density at radius 2 is 1.45 bits per heavy atom. The van der Waals surface area contributed by atoms with Crippen molar-refractivity contribution in [2.24, 2.45) is 0 Å². The highest BCUT2D eigenvalue weighted by Gasteiger charge is 2.89. The third kappa shape index (κ3) is 4.06. The van der Waals surface area contributed by atoms with Crippen molar-refractivity contribution >= 4 is 28.2 Å². The molecule has 0 bridgehead atoms. The summed E-state index contributed by atoms with van der Waals surface area (Å²) >= 11 is -0.0424. The average molecular weight is 524 g/mol. The lowest BCUT2D eigenvalue weighted by Crippen LogP contribution is -2.70. The first-order valence-corrected chi connectivity index (χ1v) is 8.58. The summed E-state index contributed by atoms with van der Waals surface area (Å²) in [6.07, 6.45) is -5.68. The summed E-state index contributed by atoms with van der Waals surface area (Å²) in [4.78, 5) is 22.6. The molecule has 1 heterocycles. The maximum atomic E-state index is 13.9. The molecule has 0 fully saturated rings. The fourth-order valence-electron chi connectivity index (χ4n) is 2.09. The van der Waals surface area contributed by atoms with Gasteiger partial charge in [-0.1, -0.05) is 0 Å². The van der Waals surface area contributed by atoms with E-state index < -0.39 is 63.4 Å². The molecule has 18 heteroatoms. The van der Waals surface area contributed by atoms with Crippen LogP contribution in [0.15, 0.2) is 0 Å². The minimum Gasteiger partial charge on any atom is -0.465 e. The van der Waals surface area contributed by atoms with Gasteiger partial charge < -0.3 is 10.1 Å². The number of hydrogen-bond acceptors (Lipinski definition) is 5. The van der Waals surface area contributed by atoms with Crippen molar-refractivity contribution in [2.45, 2.75) is 43.0 Å². The fourth-order valence-corrected chi connectivity index (χ4v) is 3.16. The van der Waals surface area contributed by atoms with E-state index in [1.54, 1.807) is 0 Å². The number of methoxy groups -OCH3 is 1. The van der Waals surface area contributed by atoms with E-state index in [9.17, 15) is 62.3 Å². The molecule has 0 radical (unpaired) electrons. The van der Waals surface area contributed by atoms with E-state index in [1.807, 2.05) is 0 Å². The van der Waals surface area contributed by atoms with E-state index in [4.69, 9.17) is 5.26 Å². The number of esters is 1. The molecule has 0 saturated carbocycles. The van der Waals surface area contributed by atoms with Gasteiger partial charge >= 0.3 is 47.9 Å². The van der Waals surface area contributed by atoms with Crippen molar-refractivity contribution in [2.75, 3.05) is 12.4 Å². The summed E-state index contributed by atoms with van der Waals surface area (Å²) in [5.74, 6) is -42.1. The van der Waals surface area contributed by atoms with Gasteiger partial charge in [-0.25, -0.2) is 13.6 Å². The minimum atomic E-state index is -7.89. The number of rotatable bonds is 8. The Balaban J connectivity index is 3.49. The first-order valence-electron chi connectivity index (χ1n) is 7.77. The molecular formula is C15H8F12N2O3S. The molecule has 1 amide bonds. The molecule has 0 aliphatic rings. The highest BCUT2D eigenvalue weighted by molar-refractivity contribution is 7.18. The highest BCUT2D eigenvalue weighted by Crippen LogP contribution is 2.58. The molecule has 0 saturated heterocycles. The second-order valence-corrected chi connectivity index (χ2v) is 7.06. The molecule has 0 unspecified atom stereocenters. The van der Waals surface area contributed by atoms with Crippen LogP contribution >= 0.6 is 11.3 Å². The summed E-state index contributed by atoms with van der Waals surface area (Å²) in [5, 5.41) is 8.68. The van der Waals surface area contributed by atoms with Crippen molar-refractivity contribution < 1.29 is 67.0 Å². The number of carbonyl (C=O) groups is 2. The number of nitrogens with one attached hydrogen (secondary N) is 1. The molecule has 1 aromatic heterocycles. The van der Waals surface area contributed by atoms with E-state index in [2.05, 4.69) is 4.74 Å². The lowest BCUT2D eigenvalue weighted by Gasteiger charge is -2.38. The molecule has 0 atom stereocenters. The van der Waals surface area contributed by atoms with Crippen LogP contribution in [0.3, 0.4) is 0 Å². The smallest absolute Gasteiger partial charge is 0.393 e. The summed E-state index contributed by atoms with van der Waals surface area (Å²) < 4.78 is 163. The van der Waals surface area contributed by atoms with Gasteiger partial charge in [0.15, 0.2) is 0 Å². The molecule has 1 N–H and O–H groups in total. The quantitative estimate of drug-likeness (QED) is 0.380. The SMILES string of the molecule is COC(=O)c1sc(NC(=O)C(F)(F)C(F)(F)C(F)(F)C(F)(F)C(F)(F)C(F)F)c(C#N)c1C. The average Bonchev–Trinajstić information content (AvgIpc) is 3.01. The largest absolute Gasteiger partial charge is 0.465 e. The topological polar surface area (TPSA) is 79.2 Å². The number of alkyl halides is 12. The van der Waals surface area contributed by atoms with Crippen LogP contribution in [0.4, 0.5) is 57.7 Å². The molecule has 0 aromatic carbocycles. The van der Waals surface area contributed by atoms with Crippen molar-refractivity contribution in [1.82, 2.24) is 0 Å². The van der Waals surface area contributed by atoms with E-state index in [-0.39, 0.29) is 16.9 Å². The molecule has 1 aromatic rings. The molecule has 0 aliphatic carbocycles. The third-order valence-corrected chi connectivity index (χ3v) is 5.20. The number of carbonyl (C=O) groups excluding carboxylic acids is 2. The number of nitriles is 1. The summed E-state index contributed by atoms with van der Waals surface area (Å²) in [7, 11) is 0.817. The standard InChI is InChI=1S/C15H8F12N2O3S/c1-4-5(3-28)7(33-6(4)8(30)32-2)29-10(31)12(20,21)14(24,25)15(26,27)13(22,23)11(18,19)9(16)17/h9H,1-2H3,(H,29,31). The normalized spacial score (nSPS) is 13.6. The van der Waals surface area contributed by atoms with Crippen LogP contribution < -0.4 is 5.32 Å². The van der Waals surface area contributed by atoms with Crippen molar-refractivity contribution in [1.29, 1.82) is 5.26 Å². The number of halogens is 12. The fraction of sp³-hybridized carbons (Fsp3) is 0.533. The van der Waals surface area contributed by atoms with Gasteiger partial charge in [-0.15, -0.1) is 11.3 Å². The molecule has 0 spiro atoms. The van der Waals surface area contributed by atoms with Gasteiger partial charge in [0.25, 0.3) is 0 Å². The molecule has 5 nitrogen and oxygen atoms in total. The number of thiophene rings is 1. The Hall–Kier alpha value is -2.71. The molecule has 186 valence electrons. The second-order valence-electron chi connectivity index (χ2n) is 6.04. The van der Waals surface area contributed by atoms with E-state index >= 15 is 0 Å². The lowest BCUT2D eigenvalue weighted by atomic mass is 9.94. The first-order chi connectivity index (χ1) is 14.7. The highest BCUT2D eigenvalue weighted by atomic mass is 32.1. The minimum absolute atomic E-state index is 0.0424. The van der Waals surface area contributed by atoms with Crippen molar-refractivity contribution in [3.63, 3.8) is 0 Å². The van der Waals surface area contributed by atoms with Crippen LogP contribution in [0.5, 0.6) is 0 Å². The Bertz CT molecular complexity index is 984. The summed E-state index contributed by atoms with van der Waals surface area (Å²) in [6.45, 7) is 0.991. The number of anilines is 1. The van der Waals surface area contributed by atoms with Gasteiger partial charge in [-0.05, 0) is 12.5 Å². The van der Waals surface area contributed by atoms with Gasteiger partial charge in [0, 0.05) is 0 Å². The maximum absolute atomic E-state index is 13.9.